The summed E-state index contributed by atoms with van der Waals surface area (Å²) in [5, 5.41) is 4.20. The molecule has 1 aliphatic heterocycles. The summed E-state index contributed by atoms with van der Waals surface area (Å²) in [5.41, 5.74) is 4.26. The van der Waals surface area contributed by atoms with Crippen LogP contribution in [0.1, 0.15) is 19.4 Å². The van der Waals surface area contributed by atoms with Gasteiger partial charge in [-0.2, -0.15) is 0 Å². The molecule has 0 saturated carbocycles. The smallest absolute Gasteiger partial charge is 0.326 e. The van der Waals surface area contributed by atoms with E-state index in [1.54, 1.807) is 0 Å². The maximum atomic E-state index is 12.9. The van der Waals surface area contributed by atoms with Gasteiger partial charge in [-0.05, 0) is 38.0 Å². The molecule has 1 aliphatic rings. The van der Waals surface area contributed by atoms with E-state index in [4.69, 9.17) is 0 Å². The van der Waals surface area contributed by atoms with Crippen molar-refractivity contribution < 1.29 is 4.79 Å². The van der Waals surface area contributed by atoms with Crippen LogP contribution in [-0.4, -0.2) is 16.6 Å². The fourth-order valence-corrected chi connectivity index (χ4v) is 3.66. The predicted octanol–water partition coefficient (Wildman–Crippen LogP) is 4.64. The number of rotatable bonds is 2. The third-order valence-electron chi connectivity index (χ3n) is 4.80. The Hall–Kier alpha value is -2.75. The predicted molar refractivity (Wildman–Crippen MR) is 98.7 cm³/mol. The summed E-state index contributed by atoms with van der Waals surface area (Å²) in [6.45, 7) is 5.07. The van der Waals surface area contributed by atoms with Gasteiger partial charge in [0, 0.05) is 29.9 Å². The first kappa shape index (κ1) is 14.8. The number of para-hydroxylation sites is 2. The Morgan fingerprint density at radius 1 is 1.17 bits per heavy atom. The summed E-state index contributed by atoms with van der Waals surface area (Å²) in [6, 6.07) is 16.4. The first-order valence-corrected chi connectivity index (χ1v) is 8.45. The number of anilines is 2. The number of urea groups is 1. The molecular formula is C20H21N3O. The van der Waals surface area contributed by atoms with E-state index < -0.39 is 0 Å². The summed E-state index contributed by atoms with van der Waals surface area (Å²) < 4.78 is 2.16. The average Bonchev–Trinajstić information content (AvgIpc) is 3.12. The van der Waals surface area contributed by atoms with Crippen molar-refractivity contribution in [2.24, 2.45) is 0 Å². The number of aryl methyl sites for hydroxylation is 1. The molecule has 2 aromatic carbocycles. The van der Waals surface area contributed by atoms with E-state index in [0.717, 1.165) is 35.2 Å². The Balaban J connectivity index is 1.68. The minimum absolute atomic E-state index is 0.0635. The van der Waals surface area contributed by atoms with E-state index in [0.29, 0.717) is 0 Å². The zero-order valence-electron chi connectivity index (χ0n) is 14.0. The fraction of sp³-hybridized carbons (Fsp3) is 0.250. The van der Waals surface area contributed by atoms with Gasteiger partial charge in [0.1, 0.15) is 0 Å². The van der Waals surface area contributed by atoms with E-state index in [1.165, 1.54) is 5.56 Å². The third kappa shape index (κ3) is 2.26. The molecule has 0 aliphatic carbocycles. The Bertz CT molecular complexity index is 912. The second-order valence-corrected chi connectivity index (χ2v) is 6.33. The van der Waals surface area contributed by atoms with Crippen LogP contribution in [0.3, 0.4) is 0 Å². The normalized spacial score (nSPS) is 16.4. The Morgan fingerprint density at radius 3 is 2.75 bits per heavy atom. The van der Waals surface area contributed by atoms with Crippen molar-refractivity contribution >= 4 is 28.3 Å². The average molecular weight is 319 g/mol. The first-order valence-electron chi connectivity index (χ1n) is 8.45. The van der Waals surface area contributed by atoms with Gasteiger partial charge in [-0.25, -0.2) is 4.79 Å². The van der Waals surface area contributed by atoms with E-state index in [9.17, 15) is 4.79 Å². The lowest BCUT2D eigenvalue weighted by atomic mass is 10.1. The topological polar surface area (TPSA) is 37.3 Å². The zero-order chi connectivity index (χ0) is 16.7. The summed E-state index contributed by atoms with van der Waals surface area (Å²) in [5.74, 6) is 0. The summed E-state index contributed by atoms with van der Waals surface area (Å²) >= 11 is 0. The molecule has 1 atom stereocenters. The third-order valence-corrected chi connectivity index (χ3v) is 4.80. The van der Waals surface area contributed by atoms with Gasteiger partial charge in [-0.1, -0.05) is 36.4 Å². The van der Waals surface area contributed by atoms with E-state index >= 15 is 0 Å². The molecule has 1 aromatic heterocycles. The summed E-state index contributed by atoms with van der Waals surface area (Å²) in [6.07, 6.45) is 2.93. The van der Waals surface area contributed by atoms with Crippen molar-refractivity contribution in [2.75, 3.05) is 10.2 Å². The largest absolute Gasteiger partial charge is 0.346 e. The van der Waals surface area contributed by atoms with Crippen LogP contribution in [0.2, 0.25) is 0 Å². The maximum absolute atomic E-state index is 12.9. The highest BCUT2D eigenvalue weighted by Gasteiger charge is 2.30. The molecule has 0 bridgehead atoms. The number of hydrogen-bond donors (Lipinski definition) is 1. The van der Waals surface area contributed by atoms with Crippen LogP contribution in [0.4, 0.5) is 16.2 Å². The monoisotopic (exact) mass is 319 g/mol. The van der Waals surface area contributed by atoms with Crippen molar-refractivity contribution in [1.82, 2.24) is 4.57 Å². The van der Waals surface area contributed by atoms with Crippen LogP contribution in [0.5, 0.6) is 0 Å². The number of fused-ring (bicyclic) bond motifs is 2. The highest BCUT2D eigenvalue weighted by atomic mass is 16.2. The number of aromatic nitrogens is 1. The van der Waals surface area contributed by atoms with Gasteiger partial charge < -0.3 is 9.88 Å². The van der Waals surface area contributed by atoms with Crippen molar-refractivity contribution in [3.8, 4) is 0 Å². The Kier molecular flexibility index (Phi) is 3.53. The van der Waals surface area contributed by atoms with Crippen molar-refractivity contribution in [2.45, 2.75) is 32.9 Å². The van der Waals surface area contributed by atoms with Gasteiger partial charge in [0.05, 0.1) is 11.2 Å². The highest BCUT2D eigenvalue weighted by Crippen LogP contribution is 2.33. The number of carbonyl (C=O) groups excluding carboxylic acids is 1. The lowest BCUT2D eigenvalue weighted by Crippen LogP contribution is -2.39. The highest BCUT2D eigenvalue weighted by molar-refractivity contribution is 6.08. The lowest BCUT2D eigenvalue weighted by molar-refractivity contribution is 0.256. The van der Waals surface area contributed by atoms with Gasteiger partial charge in [0.2, 0.25) is 0 Å². The molecule has 0 fully saturated rings. The van der Waals surface area contributed by atoms with Crippen molar-refractivity contribution in [3.05, 3.63) is 60.3 Å². The molecule has 0 unspecified atom stereocenters. The number of amides is 2. The van der Waals surface area contributed by atoms with Crippen LogP contribution >= 0.6 is 0 Å². The standard InChI is InChI=1S/C20H21N3O/c1-3-22-13-17(16-9-5-7-11-19(16)22)21-20(24)23-14(2)12-15-8-4-6-10-18(15)23/h4-11,13-14H,3,12H2,1-2H3,(H,21,24)/t14-/m0/s1. The molecule has 4 rings (SSSR count). The SMILES string of the molecule is CCn1cc(NC(=O)N2c3ccccc3C[C@@H]2C)c2ccccc21. The summed E-state index contributed by atoms with van der Waals surface area (Å²) in [7, 11) is 0. The Morgan fingerprint density at radius 2 is 1.92 bits per heavy atom. The van der Waals surface area contributed by atoms with Gasteiger partial charge in [-0.3, -0.25) is 4.90 Å². The van der Waals surface area contributed by atoms with Crippen LogP contribution in [-0.2, 0) is 13.0 Å². The molecule has 4 heteroatoms. The molecule has 122 valence electrons. The summed E-state index contributed by atoms with van der Waals surface area (Å²) in [4.78, 5) is 14.8. The molecule has 0 saturated heterocycles. The maximum Gasteiger partial charge on any atom is 0.326 e. The number of hydrogen-bond acceptors (Lipinski definition) is 1. The van der Waals surface area contributed by atoms with Gasteiger partial charge >= 0.3 is 6.03 Å². The fourth-order valence-electron chi connectivity index (χ4n) is 3.66. The van der Waals surface area contributed by atoms with E-state index in [2.05, 4.69) is 41.9 Å². The second-order valence-electron chi connectivity index (χ2n) is 6.33. The van der Waals surface area contributed by atoms with Crippen molar-refractivity contribution in [3.63, 3.8) is 0 Å². The molecule has 2 heterocycles. The number of nitrogens with one attached hydrogen (secondary N) is 1. The van der Waals surface area contributed by atoms with Gasteiger partial charge in [0.15, 0.2) is 0 Å². The molecule has 3 aromatic rings. The minimum atomic E-state index is -0.0635. The second kappa shape index (κ2) is 5.71. The molecule has 4 nitrogen and oxygen atoms in total. The Labute approximate surface area is 141 Å². The number of carbonyl (C=O) groups is 1. The molecule has 2 amide bonds. The number of benzene rings is 2. The molecule has 24 heavy (non-hydrogen) atoms. The van der Waals surface area contributed by atoms with Crippen molar-refractivity contribution in [1.29, 1.82) is 0 Å². The van der Waals surface area contributed by atoms with Crippen LogP contribution < -0.4 is 10.2 Å². The lowest BCUT2D eigenvalue weighted by Gasteiger charge is -2.22. The van der Waals surface area contributed by atoms with Gasteiger partial charge in [-0.15, -0.1) is 0 Å². The molecular weight excluding hydrogens is 298 g/mol. The zero-order valence-corrected chi connectivity index (χ0v) is 14.0. The molecule has 0 spiro atoms. The van der Waals surface area contributed by atoms with Crippen LogP contribution in [0, 0.1) is 0 Å². The van der Waals surface area contributed by atoms with Crippen LogP contribution in [0.15, 0.2) is 54.7 Å². The molecule has 0 radical (unpaired) electrons. The van der Waals surface area contributed by atoms with Crippen LogP contribution in [0.25, 0.3) is 10.9 Å². The van der Waals surface area contributed by atoms with Gasteiger partial charge in [0.25, 0.3) is 0 Å². The van der Waals surface area contributed by atoms with E-state index in [-0.39, 0.29) is 12.1 Å². The van der Waals surface area contributed by atoms with E-state index in [1.807, 2.05) is 41.4 Å². The number of nitrogens with zero attached hydrogens (tertiary/aromatic N) is 2. The minimum Gasteiger partial charge on any atom is -0.346 e. The quantitative estimate of drug-likeness (QED) is 0.734. The first-order chi connectivity index (χ1) is 11.7. The molecule has 1 N–H and O–H groups in total.